The van der Waals surface area contributed by atoms with E-state index in [0.29, 0.717) is 45.4 Å². The van der Waals surface area contributed by atoms with Crippen LogP contribution in [-0.2, 0) is 37.2 Å². The minimum Gasteiger partial charge on any atom is -0.508 e. The van der Waals surface area contributed by atoms with Crippen molar-refractivity contribution in [3.05, 3.63) is 117 Å². The Morgan fingerprint density at radius 3 is 2.17 bits per heavy atom. The Kier molecular flexibility index (Phi) is 10.0. The van der Waals surface area contributed by atoms with Crippen LogP contribution >= 0.6 is 23.2 Å². The van der Waals surface area contributed by atoms with E-state index in [1.165, 1.54) is 43.4 Å². The summed E-state index contributed by atoms with van der Waals surface area (Å²) in [5.41, 5.74) is 1.73. The summed E-state index contributed by atoms with van der Waals surface area (Å²) in [5.74, 6) is -7.83. The van der Waals surface area contributed by atoms with Crippen LogP contribution in [0.4, 0.5) is 19.0 Å². The van der Waals surface area contributed by atoms with E-state index in [1.54, 1.807) is 36.4 Å². The number of nitrogens with one attached hydrogen (secondary N) is 1. The van der Waals surface area contributed by atoms with Crippen molar-refractivity contribution in [1.29, 1.82) is 0 Å². The molecule has 3 fully saturated rings. The number of phenolic OH excluding ortho intramolecular Hbond substituents is 2. The van der Waals surface area contributed by atoms with Crippen LogP contribution in [0.2, 0.25) is 10.0 Å². The maximum Gasteiger partial charge on any atom is 0.417 e. The van der Waals surface area contributed by atoms with E-state index in [4.69, 9.17) is 32.7 Å². The summed E-state index contributed by atoms with van der Waals surface area (Å²) in [5, 5.41) is 21.2. The lowest BCUT2D eigenvalue weighted by atomic mass is 9.49. The molecular weight excluding hydrogens is 816 g/mol. The largest absolute Gasteiger partial charge is 0.508 e. The molecule has 1 aromatic heterocycles. The molecule has 4 amide bonds. The molecule has 2 aliphatic carbocycles. The summed E-state index contributed by atoms with van der Waals surface area (Å²) >= 11 is 12.6. The second kappa shape index (κ2) is 14.8. The van der Waals surface area contributed by atoms with Gasteiger partial charge < -0.3 is 19.7 Å². The number of aromatic nitrogens is 1. The third-order valence-electron chi connectivity index (χ3n) is 12.0. The zero-order chi connectivity index (χ0) is 42.1. The molecule has 0 spiro atoms. The highest BCUT2D eigenvalue weighted by atomic mass is 35.5. The van der Waals surface area contributed by atoms with Crippen LogP contribution < -0.4 is 14.9 Å². The van der Waals surface area contributed by atoms with Crippen molar-refractivity contribution in [3.8, 4) is 23.0 Å². The number of fused-ring (bicyclic) bond motifs is 4. The number of ether oxygens (including phenoxy) is 2. The van der Waals surface area contributed by atoms with Crippen molar-refractivity contribution in [2.45, 2.75) is 36.8 Å². The SMILES string of the molecule is COc1cc(C2C3=CCC4C(=O)N(CCc5ccc(O)cc5)C(=O)C4C3CC3C(=O)N(Nc4ncc(C(F)(F)F)cc4Cl)C(=O)C32c2ccc(Cl)cc2)cc(OC)c1O. The van der Waals surface area contributed by atoms with Crippen LogP contribution in [0.3, 0.4) is 0 Å². The van der Waals surface area contributed by atoms with Gasteiger partial charge >= 0.3 is 6.18 Å². The van der Waals surface area contributed by atoms with E-state index < -0.39 is 75.3 Å². The predicted octanol–water partition coefficient (Wildman–Crippen LogP) is 7.06. The van der Waals surface area contributed by atoms with E-state index in [1.807, 2.05) is 6.08 Å². The van der Waals surface area contributed by atoms with Crippen LogP contribution in [0.15, 0.2) is 84.6 Å². The molecule has 59 heavy (non-hydrogen) atoms. The van der Waals surface area contributed by atoms with Gasteiger partial charge in [0.05, 0.1) is 48.0 Å². The normalized spacial score (nSPS) is 25.1. The van der Waals surface area contributed by atoms with Crippen LogP contribution in [0.25, 0.3) is 0 Å². The number of hydrogen-bond acceptors (Lipinski definition) is 10. The molecule has 0 bridgehead atoms. The first kappa shape index (κ1) is 40.0. The lowest BCUT2D eigenvalue weighted by Crippen LogP contribution is -2.53. The molecular formula is C42H35Cl2F3N4O8. The molecule has 0 radical (unpaired) electrons. The van der Waals surface area contributed by atoms with Crippen molar-refractivity contribution in [2.24, 2.45) is 23.7 Å². The zero-order valence-electron chi connectivity index (χ0n) is 31.3. The summed E-state index contributed by atoms with van der Waals surface area (Å²) in [6.45, 7) is 0.0709. The number of methoxy groups -OCH3 is 2. The number of carbonyl (C=O) groups excluding carboxylic acids is 4. The van der Waals surface area contributed by atoms with E-state index in [2.05, 4.69) is 10.4 Å². The number of hydrazine groups is 1. The maximum atomic E-state index is 15.4. The highest BCUT2D eigenvalue weighted by Crippen LogP contribution is 2.65. The summed E-state index contributed by atoms with van der Waals surface area (Å²) in [7, 11) is 2.66. The molecule has 2 saturated heterocycles. The first-order chi connectivity index (χ1) is 28.1. The molecule has 3 N–H and O–H groups in total. The van der Waals surface area contributed by atoms with Crippen molar-refractivity contribution in [3.63, 3.8) is 0 Å². The van der Waals surface area contributed by atoms with Gasteiger partial charge in [-0.3, -0.25) is 29.5 Å². The van der Waals surface area contributed by atoms with Gasteiger partial charge in [0.15, 0.2) is 17.3 Å². The molecule has 12 nitrogen and oxygen atoms in total. The number of carbonyl (C=O) groups is 4. The van der Waals surface area contributed by atoms with Gasteiger partial charge in [0, 0.05) is 23.7 Å². The van der Waals surface area contributed by atoms with E-state index in [-0.39, 0.29) is 48.3 Å². The molecule has 17 heteroatoms. The summed E-state index contributed by atoms with van der Waals surface area (Å²) < 4.78 is 51.7. The van der Waals surface area contributed by atoms with Gasteiger partial charge in [-0.15, -0.1) is 0 Å². The van der Waals surface area contributed by atoms with Gasteiger partial charge in [-0.2, -0.15) is 18.2 Å². The van der Waals surface area contributed by atoms with Gasteiger partial charge in [-0.05, 0) is 84.3 Å². The third kappa shape index (κ3) is 6.41. The molecule has 4 aromatic rings. The lowest BCUT2D eigenvalue weighted by Gasteiger charge is -2.50. The number of benzene rings is 3. The quantitative estimate of drug-likeness (QED) is 0.118. The van der Waals surface area contributed by atoms with Crippen LogP contribution in [-0.4, -0.2) is 69.5 Å². The number of aromatic hydroxyl groups is 2. The number of hydrogen-bond donors (Lipinski definition) is 3. The smallest absolute Gasteiger partial charge is 0.417 e. The molecule has 4 aliphatic rings. The Labute approximate surface area is 345 Å². The van der Waals surface area contributed by atoms with Crippen molar-refractivity contribution >= 4 is 52.6 Å². The Morgan fingerprint density at radius 2 is 1.56 bits per heavy atom. The van der Waals surface area contributed by atoms with Gasteiger partial charge in [-0.25, -0.2) is 4.98 Å². The number of likely N-dealkylation sites (tertiary alicyclic amines) is 1. The second-order valence-electron chi connectivity index (χ2n) is 14.9. The van der Waals surface area contributed by atoms with E-state index >= 15 is 4.79 Å². The monoisotopic (exact) mass is 850 g/mol. The van der Waals surface area contributed by atoms with E-state index in [9.17, 15) is 37.8 Å². The lowest BCUT2D eigenvalue weighted by molar-refractivity contribution is -0.141. The van der Waals surface area contributed by atoms with Crippen LogP contribution in [0.1, 0.15) is 41.0 Å². The molecule has 6 unspecified atom stereocenters. The van der Waals surface area contributed by atoms with Crippen molar-refractivity contribution in [2.75, 3.05) is 26.2 Å². The van der Waals surface area contributed by atoms with Gasteiger partial charge in [0.1, 0.15) is 5.75 Å². The van der Waals surface area contributed by atoms with E-state index in [0.717, 1.165) is 5.56 Å². The number of phenols is 2. The van der Waals surface area contributed by atoms with Crippen LogP contribution in [0.5, 0.6) is 23.0 Å². The average molecular weight is 852 g/mol. The zero-order valence-corrected chi connectivity index (χ0v) is 32.8. The highest BCUT2D eigenvalue weighted by molar-refractivity contribution is 6.33. The fourth-order valence-corrected chi connectivity index (χ4v) is 9.76. The fraction of sp³-hybridized carbons (Fsp3) is 0.310. The number of pyridine rings is 1. The number of allylic oxidation sites excluding steroid dienone is 2. The van der Waals surface area contributed by atoms with Crippen molar-refractivity contribution < 1.29 is 52.0 Å². The Morgan fingerprint density at radius 1 is 0.898 bits per heavy atom. The average Bonchev–Trinajstić information content (AvgIpc) is 3.58. The van der Waals surface area contributed by atoms with Gasteiger partial charge in [0.2, 0.25) is 17.6 Å². The fourth-order valence-electron chi connectivity index (χ4n) is 9.43. The molecule has 3 aromatic carbocycles. The number of alkyl halides is 3. The number of nitrogens with zero attached hydrogens (tertiary/aromatic N) is 3. The Balaban J connectivity index is 1.29. The van der Waals surface area contributed by atoms with Crippen molar-refractivity contribution in [1.82, 2.24) is 14.9 Å². The topological polar surface area (TPSA) is 159 Å². The minimum atomic E-state index is -4.77. The predicted molar refractivity (Wildman–Crippen MR) is 207 cm³/mol. The number of rotatable bonds is 9. The summed E-state index contributed by atoms with van der Waals surface area (Å²) in [4.78, 5) is 64.0. The molecule has 8 rings (SSSR count). The Hall–Kier alpha value is -5.80. The number of halogens is 5. The minimum absolute atomic E-state index is 0.0152. The standard InChI is InChI=1S/C42H35Cl2F3N4O8/c1-58-31-15-21(16-32(59-2)35(31)53)34-26-11-12-27-33(39(56)50(37(27)54)14-13-20-3-9-25(52)10-4-20)28(26)18-29-38(55)51(40(57)41(29,34)22-5-7-24(43)8-6-22)49-36-30(44)17-23(19-48-36)42(45,46)47/h3-11,15-17,19,27-29,33-34,52-53H,12-14,18H2,1-2H3,(H,48,49). The highest BCUT2D eigenvalue weighted by Gasteiger charge is 2.70. The second-order valence-corrected chi connectivity index (χ2v) is 15.8. The molecule has 3 heterocycles. The first-order valence-corrected chi connectivity index (χ1v) is 19.3. The van der Waals surface area contributed by atoms with Gasteiger partial charge in [0.25, 0.3) is 11.8 Å². The summed E-state index contributed by atoms with van der Waals surface area (Å²) in [6.07, 6.45) is -2.03. The summed E-state index contributed by atoms with van der Waals surface area (Å²) in [6, 6.07) is 16.4. The first-order valence-electron chi connectivity index (χ1n) is 18.5. The maximum absolute atomic E-state index is 15.4. The van der Waals surface area contributed by atoms with Crippen LogP contribution in [0, 0.1) is 23.7 Å². The Bertz CT molecular complexity index is 2400. The number of amides is 4. The number of imide groups is 2. The molecule has 2 aliphatic heterocycles. The molecule has 1 saturated carbocycles. The number of anilines is 1. The molecule has 6 atom stereocenters. The van der Waals surface area contributed by atoms with Gasteiger partial charge in [-0.1, -0.05) is 59.1 Å². The molecule has 306 valence electrons. The third-order valence-corrected chi connectivity index (χ3v) is 12.6.